The Labute approximate surface area is 214 Å². The Morgan fingerprint density at radius 3 is 2.41 bits per heavy atom. The number of hydrogen-bond donors (Lipinski definition) is 1. The molecular formula is C22H18BrCl2N3O5S. The Bertz CT molecular complexity index is 1350. The van der Waals surface area contributed by atoms with Crippen molar-refractivity contribution < 1.29 is 18.1 Å². The highest BCUT2D eigenvalue weighted by molar-refractivity contribution is 9.10. The number of sulfonamides is 1. The maximum absolute atomic E-state index is 13.4. The SMILES string of the molecule is Cc1c(NC(=O)CN(Cc2ccc(Cl)cc2Cl)S(=O)(=O)c2ccc(Br)cc2)cccc1[N+](=O)[O-]. The predicted octanol–water partition coefficient (Wildman–Crippen LogP) is 5.80. The number of nitro benzene ring substituents is 1. The number of carbonyl (C=O) groups is 1. The molecule has 0 aliphatic carbocycles. The molecule has 0 saturated heterocycles. The molecule has 0 radical (unpaired) electrons. The van der Waals surface area contributed by atoms with Gasteiger partial charge in [-0.3, -0.25) is 14.9 Å². The Kier molecular flexibility index (Phi) is 8.32. The van der Waals surface area contributed by atoms with Crippen molar-refractivity contribution in [2.45, 2.75) is 18.4 Å². The third kappa shape index (κ3) is 6.13. The standard InChI is InChI=1S/C22H18BrCl2N3O5S/c1-14-20(3-2-4-21(14)28(30)31)26-22(29)13-27(12-15-5-8-17(24)11-19(15)25)34(32,33)18-9-6-16(23)7-10-18/h2-11H,12-13H2,1H3,(H,26,29). The van der Waals surface area contributed by atoms with Gasteiger partial charge in [-0.1, -0.05) is 51.3 Å². The Hall–Kier alpha value is -2.50. The van der Waals surface area contributed by atoms with Gasteiger partial charge in [0, 0.05) is 27.1 Å². The molecule has 0 aromatic heterocycles. The first kappa shape index (κ1) is 26.1. The van der Waals surface area contributed by atoms with E-state index in [1.165, 1.54) is 43.3 Å². The second-order valence-electron chi connectivity index (χ2n) is 7.22. The fourth-order valence-electron chi connectivity index (χ4n) is 3.13. The molecule has 1 N–H and O–H groups in total. The van der Waals surface area contributed by atoms with Crippen molar-refractivity contribution in [3.8, 4) is 0 Å². The van der Waals surface area contributed by atoms with E-state index in [1.807, 2.05) is 0 Å². The number of carbonyl (C=O) groups excluding carboxylic acids is 1. The smallest absolute Gasteiger partial charge is 0.274 e. The molecule has 3 rings (SSSR count). The lowest BCUT2D eigenvalue weighted by Crippen LogP contribution is -2.37. The molecule has 0 heterocycles. The summed E-state index contributed by atoms with van der Waals surface area (Å²) < 4.78 is 28.5. The minimum Gasteiger partial charge on any atom is -0.324 e. The third-order valence-corrected chi connectivity index (χ3v) is 7.83. The minimum absolute atomic E-state index is 0.0138. The second-order valence-corrected chi connectivity index (χ2v) is 10.9. The number of nitrogens with zero attached hydrogens (tertiary/aromatic N) is 2. The summed E-state index contributed by atoms with van der Waals surface area (Å²) in [6.07, 6.45) is 0. The summed E-state index contributed by atoms with van der Waals surface area (Å²) in [6, 6.07) is 14.9. The Morgan fingerprint density at radius 2 is 1.79 bits per heavy atom. The first-order chi connectivity index (χ1) is 16.0. The summed E-state index contributed by atoms with van der Waals surface area (Å²) in [5, 5.41) is 14.4. The van der Waals surface area contributed by atoms with Gasteiger partial charge in [-0.15, -0.1) is 0 Å². The molecule has 0 spiro atoms. The fraction of sp³-hybridized carbons (Fsp3) is 0.136. The zero-order valence-corrected chi connectivity index (χ0v) is 21.6. The number of nitro groups is 1. The number of rotatable bonds is 8. The quantitative estimate of drug-likeness (QED) is 0.265. The van der Waals surface area contributed by atoms with E-state index in [2.05, 4.69) is 21.2 Å². The van der Waals surface area contributed by atoms with Gasteiger partial charge in [0.1, 0.15) is 0 Å². The van der Waals surface area contributed by atoms with Crippen LogP contribution in [0.15, 0.2) is 70.0 Å². The largest absolute Gasteiger partial charge is 0.324 e. The molecule has 12 heteroatoms. The molecule has 0 fully saturated rings. The van der Waals surface area contributed by atoms with Crippen molar-refractivity contribution >= 4 is 66.4 Å². The summed E-state index contributed by atoms with van der Waals surface area (Å²) in [7, 11) is -4.11. The average molecular weight is 587 g/mol. The van der Waals surface area contributed by atoms with Crippen LogP contribution in [-0.2, 0) is 21.4 Å². The van der Waals surface area contributed by atoms with Gasteiger partial charge in [0.15, 0.2) is 0 Å². The van der Waals surface area contributed by atoms with Crippen LogP contribution in [0.5, 0.6) is 0 Å². The summed E-state index contributed by atoms with van der Waals surface area (Å²) >= 11 is 15.5. The Morgan fingerprint density at radius 1 is 1.12 bits per heavy atom. The molecule has 0 aliphatic heterocycles. The molecule has 0 bridgehead atoms. The lowest BCUT2D eigenvalue weighted by atomic mass is 10.1. The van der Waals surface area contributed by atoms with Gasteiger partial charge >= 0.3 is 0 Å². The lowest BCUT2D eigenvalue weighted by molar-refractivity contribution is -0.385. The van der Waals surface area contributed by atoms with Crippen LogP contribution < -0.4 is 5.32 Å². The van der Waals surface area contributed by atoms with E-state index >= 15 is 0 Å². The highest BCUT2D eigenvalue weighted by atomic mass is 79.9. The van der Waals surface area contributed by atoms with Crippen molar-refractivity contribution in [3.63, 3.8) is 0 Å². The highest BCUT2D eigenvalue weighted by Crippen LogP contribution is 2.27. The van der Waals surface area contributed by atoms with Crippen LogP contribution in [0.3, 0.4) is 0 Å². The van der Waals surface area contributed by atoms with Crippen LogP contribution in [0.25, 0.3) is 0 Å². The number of nitrogens with one attached hydrogen (secondary N) is 1. The maximum Gasteiger partial charge on any atom is 0.274 e. The van der Waals surface area contributed by atoms with Gasteiger partial charge in [-0.25, -0.2) is 8.42 Å². The summed E-state index contributed by atoms with van der Waals surface area (Å²) in [4.78, 5) is 23.5. The Balaban J connectivity index is 1.93. The van der Waals surface area contributed by atoms with Crippen molar-refractivity contribution in [3.05, 3.63) is 96.4 Å². The van der Waals surface area contributed by atoms with Crippen LogP contribution in [-0.4, -0.2) is 30.1 Å². The molecule has 34 heavy (non-hydrogen) atoms. The number of anilines is 1. The monoisotopic (exact) mass is 585 g/mol. The number of benzene rings is 3. The summed E-state index contributed by atoms with van der Waals surface area (Å²) in [5.41, 5.74) is 0.754. The minimum atomic E-state index is -4.11. The van der Waals surface area contributed by atoms with Crippen LogP contribution in [0.1, 0.15) is 11.1 Å². The maximum atomic E-state index is 13.4. The van der Waals surface area contributed by atoms with E-state index in [4.69, 9.17) is 23.2 Å². The van der Waals surface area contributed by atoms with Crippen LogP contribution in [0, 0.1) is 17.0 Å². The molecule has 3 aromatic rings. The summed E-state index contributed by atoms with van der Waals surface area (Å²) in [5.74, 6) is -0.672. The van der Waals surface area contributed by atoms with Crippen LogP contribution in [0.2, 0.25) is 10.0 Å². The first-order valence-corrected chi connectivity index (χ1v) is 12.7. The number of amides is 1. The van der Waals surface area contributed by atoms with Gasteiger partial charge in [-0.05, 0) is 55.0 Å². The number of halogens is 3. The molecule has 0 unspecified atom stereocenters. The predicted molar refractivity (Wildman–Crippen MR) is 135 cm³/mol. The van der Waals surface area contributed by atoms with Crippen molar-refractivity contribution in [2.75, 3.05) is 11.9 Å². The van der Waals surface area contributed by atoms with E-state index in [-0.39, 0.29) is 33.4 Å². The molecule has 178 valence electrons. The van der Waals surface area contributed by atoms with Crippen LogP contribution >= 0.6 is 39.1 Å². The van der Waals surface area contributed by atoms with Gasteiger partial charge in [0.25, 0.3) is 5.69 Å². The molecule has 1 amide bonds. The van der Waals surface area contributed by atoms with E-state index in [0.29, 0.717) is 15.1 Å². The van der Waals surface area contributed by atoms with Gasteiger partial charge < -0.3 is 5.32 Å². The third-order valence-electron chi connectivity index (χ3n) is 4.91. The fourth-order valence-corrected chi connectivity index (χ4v) is 5.23. The molecule has 3 aromatic carbocycles. The molecule has 0 saturated carbocycles. The zero-order valence-electron chi connectivity index (χ0n) is 17.7. The molecule has 0 aliphatic rings. The van der Waals surface area contributed by atoms with Crippen molar-refractivity contribution in [1.29, 1.82) is 0 Å². The molecular weight excluding hydrogens is 569 g/mol. The first-order valence-electron chi connectivity index (χ1n) is 9.72. The van der Waals surface area contributed by atoms with E-state index in [9.17, 15) is 23.3 Å². The van der Waals surface area contributed by atoms with E-state index in [1.54, 1.807) is 24.3 Å². The van der Waals surface area contributed by atoms with E-state index in [0.717, 1.165) is 4.31 Å². The van der Waals surface area contributed by atoms with Crippen LogP contribution in [0.4, 0.5) is 11.4 Å². The zero-order chi connectivity index (χ0) is 25.0. The lowest BCUT2D eigenvalue weighted by Gasteiger charge is -2.23. The number of hydrogen-bond acceptors (Lipinski definition) is 5. The molecule has 0 atom stereocenters. The van der Waals surface area contributed by atoms with Gasteiger partial charge in [0.05, 0.1) is 27.6 Å². The van der Waals surface area contributed by atoms with Crippen molar-refractivity contribution in [2.24, 2.45) is 0 Å². The molecule has 8 nitrogen and oxygen atoms in total. The van der Waals surface area contributed by atoms with Crippen molar-refractivity contribution in [1.82, 2.24) is 4.31 Å². The van der Waals surface area contributed by atoms with E-state index < -0.39 is 27.4 Å². The normalized spacial score (nSPS) is 11.4. The van der Waals surface area contributed by atoms with Gasteiger partial charge in [-0.2, -0.15) is 4.31 Å². The highest BCUT2D eigenvalue weighted by Gasteiger charge is 2.28. The van der Waals surface area contributed by atoms with Gasteiger partial charge in [0.2, 0.25) is 15.9 Å². The average Bonchev–Trinajstić information content (AvgIpc) is 2.76. The summed E-state index contributed by atoms with van der Waals surface area (Å²) in [6.45, 7) is 0.743. The second kappa shape index (κ2) is 10.8. The topological polar surface area (TPSA) is 110 Å².